The van der Waals surface area contributed by atoms with Crippen molar-refractivity contribution in [3.8, 4) is 28.3 Å². The summed E-state index contributed by atoms with van der Waals surface area (Å²) in [6, 6.07) is 16.3. The van der Waals surface area contributed by atoms with Crippen LogP contribution >= 0.6 is 38.6 Å². The third-order valence-corrected chi connectivity index (χ3v) is 7.72. The number of benzene rings is 2. The first-order chi connectivity index (χ1) is 17.6. The van der Waals surface area contributed by atoms with Crippen LogP contribution in [0.5, 0.6) is 0 Å². The van der Waals surface area contributed by atoms with E-state index in [4.69, 9.17) is 4.98 Å². The Bertz CT molecular complexity index is 1690. The first-order valence-electron chi connectivity index (χ1n) is 11.0. The van der Waals surface area contributed by atoms with Crippen molar-refractivity contribution in [2.24, 2.45) is 5.10 Å². The lowest BCUT2D eigenvalue weighted by molar-refractivity contribution is 0.785. The Morgan fingerprint density at radius 3 is 2.58 bits per heavy atom. The molecule has 1 N–H and O–H groups in total. The van der Waals surface area contributed by atoms with E-state index in [-0.39, 0.29) is 0 Å². The number of nitrogens with one attached hydrogen (secondary N) is 1. The summed E-state index contributed by atoms with van der Waals surface area (Å²) in [5.41, 5.74) is 10.4. The molecule has 0 saturated carbocycles. The Kier molecular flexibility index (Phi) is 5.96. The fourth-order valence-corrected chi connectivity index (χ4v) is 5.46. The molecule has 0 bridgehead atoms. The molecule has 0 spiro atoms. The van der Waals surface area contributed by atoms with Gasteiger partial charge in [0.05, 0.1) is 29.0 Å². The molecule has 0 fully saturated rings. The van der Waals surface area contributed by atoms with Crippen LogP contribution in [0.3, 0.4) is 0 Å². The summed E-state index contributed by atoms with van der Waals surface area (Å²) < 4.78 is 4.88. The van der Waals surface area contributed by atoms with E-state index in [1.54, 1.807) is 17.6 Å². The molecule has 11 heteroatoms. The second-order valence-corrected chi connectivity index (χ2v) is 10.7. The van der Waals surface area contributed by atoms with E-state index >= 15 is 0 Å². The van der Waals surface area contributed by atoms with E-state index < -0.39 is 0 Å². The second kappa shape index (κ2) is 9.41. The van der Waals surface area contributed by atoms with Crippen molar-refractivity contribution in [3.63, 3.8) is 0 Å². The molecule has 6 rings (SSSR count). The van der Waals surface area contributed by atoms with E-state index in [1.165, 1.54) is 16.9 Å². The van der Waals surface area contributed by atoms with E-state index in [1.807, 2.05) is 69.4 Å². The predicted octanol–water partition coefficient (Wildman–Crippen LogP) is 6.59. The molecule has 0 radical (unpaired) electrons. The number of rotatable bonds is 6. The van der Waals surface area contributed by atoms with E-state index in [0.29, 0.717) is 5.13 Å². The van der Waals surface area contributed by atoms with Gasteiger partial charge in [0, 0.05) is 27.0 Å². The van der Waals surface area contributed by atoms with Crippen molar-refractivity contribution in [2.75, 3.05) is 5.43 Å². The number of halogens is 1. The smallest absolute Gasteiger partial charge is 0.203 e. The summed E-state index contributed by atoms with van der Waals surface area (Å²) in [6.45, 7) is 4.06. The highest BCUT2D eigenvalue weighted by Crippen LogP contribution is 2.29. The van der Waals surface area contributed by atoms with Crippen molar-refractivity contribution in [2.45, 2.75) is 13.8 Å². The normalized spacial score (nSPS) is 11.6. The Hall–Kier alpha value is -3.67. The third kappa shape index (κ3) is 4.25. The van der Waals surface area contributed by atoms with E-state index in [9.17, 15) is 0 Å². The van der Waals surface area contributed by atoms with Crippen molar-refractivity contribution >= 4 is 54.9 Å². The van der Waals surface area contributed by atoms with Crippen molar-refractivity contribution in [1.29, 1.82) is 0 Å². The molecule has 0 aliphatic rings. The summed E-state index contributed by atoms with van der Waals surface area (Å²) in [5, 5.41) is 18.1. The van der Waals surface area contributed by atoms with Gasteiger partial charge < -0.3 is 0 Å². The van der Waals surface area contributed by atoms with Gasteiger partial charge in [0.1, 0.15) is 11.4 Å². The minimum absolute atomic E-state index is 0.707. The first-order valence-corrected chi connectivity index (χ1v) is 13.6. The zero-order valence-corrected chi connectivity index (χ0v) is 22.5. The minimum atomic E-state index is 0.707. The lowest BCUT2D eigenvalue weighted by Gasteiger charge is -2.04. The highest BCUT2D eigenvalue weighted by atomic mass is 79.9. The van der Waals surface area contributed by atoms with Gasteiger partial charge in [-0.05, 0) is 38.1 Å². The van der Waals surface area contributed by atoms with Crippen LogP contribution in [0, 0.1) is 13.8 Å². The van der Waals surface area contributed by atoms with Gasteiger partial charge >= 0.3 is 0 Å². The van der Waals surface area contributed by atoms with Gasteiger partial charge in [-0.1, -0.05) is 51.0 Å². The van der Waals surface area contributed by atoms with E-state index in [2.05, 4.69) is 60.8 Å². The zero-order chi connectivity index (χ0) is 24.6. The Balaban J connectivity index is 1.30. The number of hydrazone groups is 1. The summed E-state index contributed by atoms with van der Waals surface area (Å²) >= 11 is 6.53. The number of imidazole rings is 1. The Morgan fingerprint density at radius 2 is 1.78 bits per heavy atom. The van der Waals surface area contributed by atoms with Crippen LogP contribution in [-0.2, 0) is 0 Å². The van der Waals surface area contributed by atoms with Gasteiger partial charge in [0.2, 0.25) is 5.13 Å². The maximum absolute atomic E-state index is 4.83. The van der Waals surface area contributed by atoms with Crippen molar-refractivity contribution < 1.29 is 0 Å². The van der Waals surface area contributed by atoms with E-state index in [0.717, 1.165) is 49.2 Å². The molecule has 0 aliphatic heterocycles. The molecule has 4 heterocycles. The fourth-order valence-electron chi connectivity index (χ4n) is 3.81. The molecular formula is C25H19BrN8S2. The maximum Gasteiger partial charge on any atom is 0.203 e. The summed E-state index contributed by atoms with van der Waals surface area (Å²) in [7, 11) is 0. The number of aromatic nitrogens is 6. The number of nitrogens with zero attached hydrogens (tertiary/aromatic N) is 7. The second-order valence-electron chi connectivity index (χ2n) is 8.09. The highest BCUT2D eigenvalue weighted by Gasteiger charge is 2.20. The van der Waals surface area contributed by atoms with Gasteiger partial charge in [-0.2, -0.15) is 5.10 Å². The summed E-state index contributed by atoms with van der Waals surface area (Å²) in [5.74, 6) is 0. The van der Waals surface area contributed by atoms with Crippen molar-refractivity contribution in [1.82, 2.24) is 29.4 Å². The minimum Gasteiger partial charge on any atom is -0.289 e. The lowest BCUT2D eigenvalue weighted by atomic mass is 10.2. The van der Waals surface area contributed by atoms with Crippen LogP contribution < -0.4 is 5.43 Å². The molecule has 4 aromatic heterocycles. The molecule has 0 amide bonds. The Morgan fingerprint density at radius 1 is 0.972 bits per heavy atom. The number of fused-ring (bicyclic) bond motifs is 1. The number of anilines is 1. The number of thiazole rings is 2. The van der Waals surface area contributed by atoms with Gasteiger partial charge in [-0.25, -0.2) is 14.6 Å². The van der Waals surface area contributed by atoms with Gasteiger partial charge in [0.25, 0.3) is 0 Å². The average molecular weight is 576 g/mol. The molecule has 0 saturated heterocycles. The van der Waals surface area contributed by atoms with Crippen LogP contribution in [0.2, 0.25) is 0 Å². The molecule has 6 aromatic rings. The van der Waals surface area contributed by atoms with Crippen LogP contribution in [0.4, 0.5) is 5.13 Å². The highest BCUT2D eigenvalue weighted by molar-refractivity contribution is 9.10. The summed E-state index contributed by atoms with van der Waals surface area (Å²) in [6.07, 6.45) is 3.74. The number of hydrogen-bond donors (Lipinski definition) is 1. The van der Waals surface area contributed by atoms with Crippen molar-refractivity contribution in [3.05, 3.63) is 86.9 Å². The molecule has 8 nitrogen and oxygen atoms in total. The van der Waals surface area contributed by atoms with Crippen LogP contribution in [0.1, 0.15) is 17.0 Å². The molecule has 178 valence electrons. The van der Waals surface area contributed by atoms with Crippen LogP contribution in [0.15, 0.2) is 75.1 Å². The topological polar surface area (TPSA) is 85.3 Å². The quantitative estimate of drug-likeness (QED) is 0.179. The van der Waals surface area contributed by atoms with Crippen LogP contribution in [-0.4, -0.2) is 35.6 Å². The van der Waals surface area contributed by atoms with Gasteiger partial charge in [-0.15, -0.1) is 27.8 Å². The largest absolute Gasteiger partial charge is 0.289 e. The standard InChI is InChI=1S/C25H19BrN8S2/c1-15-3-9-19(10-4-15)34-16(2)22(30-32-34)23-21(33-11-12-35-25(33)29-23)13-27-31-24-28-20(14-36-24)17-5-7-18(26)8-6-17/h3-14H,1-2H3,(H,28,31)/b27-13-. The predicted molar refractivity (Wildman–Crippen MR) is 149 cm³/mol. The first kappa shape index (κ1) is 22.8. The zero-order valence-electron chi connectivity index (χ0n) is 19.3. The fraction of sp³-hybridized carbons (Fsp3) is 0.0800. The molecule has 36 heavy (non-hydrogen) atoms. The molecule has 0 unspecified atom stereocenters. The molecule has 0 atom stereocenters. The maximum atomic E-state index is 4.83. The number of hydrogen-bond acceptors (Lipinski definition) is 8. The molecule has 2 aromatic carbocycles. The Labute approximate surface area is 223 Å². The SMILES string of the molecule is Cc1ccc(-n2nnc(-c3nc4sccn4c3/C=N\Nc3nc(-c4ccc(Br)cc4)cs3)c2C)cc1. The molecule has 0 aliphatic carbocycles. The lowest BCUT2D eigenvalue weighted by Crippen LogP contribution is -1.99. The van der Waals surface area contributed by atoms with Gasteiger partial charge in [0.15, 0.2) is 4.96 Å². The number of aryl methyl sites for hydroxylation is 1. The summed E-state index contributed by atoms with van der Waals surface area (Å²) in [4.78, 5) is 10.3. The average Bonchev–Trinajstić information content (AvgIpc) is 3.66. The molecular weight excluding hydrogens is 556 g/mol. The van der Waals surface area contributed by atoms with Crippen LogP contribution in [0.25, 0.3) is 33.3 Å². The third-order valence-electron chi connectivity index (χ3n) is 5.69. The van der Waals surface area contributed by atoms with Gasteiger partial charge in [-0.3, -0.25) is 9.83 Å². The monoisotopic (exact) mass is 574 g/mol.